The number of nitrogens with one attached hydrogen (secondary N) is 1. The van der Waals surface area contributed by atoms with Gasteiger partial charge in [-0.15, -0.1) is 0 Å². The second-order valence-electron chi connectivity index (χ2n) is 7.38. The fourth-order valence-corrected chi connectivity index (χ4v) is 5.65. The molecule has 0 aromatic heterocycles. The zero-order valence-corrected chi connectivity index (χ0v) is 20.3. The van der Waals surface area contributed by atoms with Crippen molar-refractivity contribution < 1.29 is 31.1 Å². The number of morpholine rings is 1. The van der Waals surface area contributed by atoms with Gasteiger partial charge >= 0.3 is 0 Å². The average Bonchev–Trinajstić information content (AvgIpc) is 2.80. The van der Waals surface area contributed by atoms with E-state index in [1.807, 2.05) is 0 Å². The maximum absolute atomic E-state index is 13.2. The Labute approximate surface area is 194 Å². The van der Waals surface area contributed by atoms with Gasteiger partial charge in [0.2, 0.25) is 20.0 Å². The lowest BCUT2D eigenvalue weighted by molar-refractivity contribution is 0.0729. The Balaban J connectivity index is 1.86. The number of carbonyl (C=O) groups excluding carboxylic acids is 1. The highest BCUT2D eigenvalue weighted by molar-refractivity contribution is 7.89. The van der Waals surface area contributed by atoms with Crippen LogP contribution in [0.15, 0.2) is 52.3 Å². The fourth-order valence-electron chi connectivity index (χ4n) is 3.18. The first-order chi connectivity index (χ1) is 15.6. The first kappa shape index (κ1) is 25.1. The van der Waals surface area contributed by atoms with Crippen LogP contribution < -0.4 is 10.1 Å². The molecule has 1 aliphatic heterocycles. The van der Waals surface area contributed by atoms with Crippen LogP contribution in [0, 0.1) is 0 Å². The second kappa shape index (κ2) is 10.2. The standard InChI is InChI=1S/C21H27N3O7S2/c1-4-31-19-10-7-17(15-20(19)33(28,29)24-11-13-30-14-12-24)22-21(25)16-5-8-18(9-6-16)32(26,27)23(2)3/h5-10,15H,4,11-14H2,1-3H3,(H,22,25). The number of hydrogen-bond acceptors (Lipinski definition) is 7. The lowest BCUT2D eigenvalue weighted by atomic mass is 10.2. The Morgan fingerprint density at radius 2 is 1.70 bits per heavy atom. The molecule has 12 heteroatoms. The summed E-state index contributed by atoms with van der Waals surface area (Å²) in [6.07, 6.45) is 0. The molecule has 0 unspecified atom stereocenters. The quantitative estimate of drug-likeness (QED) is 0.588. The van der Waals surface area contributed by atoms with E-state index >= 15 is 0 Å². The lowest BCUT2D eigenvalue weighted by Gasteiger charge is -2.27. The van der Waals surface area contributed by atoms with Gasteiger partial charge in [-0.3, -0.25) is 4.79 Å². The van der Waals surface area contributed by atoms with E-state index in [-0.39, 0.29) is 46.5 Å². The second-order valence-corrected chi connectivity index (χ2v) is 11.4. The van der Waals surface area contributed by atoms with E-state index in [0.29, 0.717) is 13.2 Å². The van der Waals surface area contributed by atoms with Gasteiger partial charge in [0, 0.05) is 38.4 Å². The van der Waals surface area contributed by atoms with Gasteiger partial charge in [0.25, 0.3) is 5.91 Å². The van der Waals surface area contributed by atoms with Gasteiger partial charge in [-0.25, -0.2) is 21.1 Å². The fraction of sp³-hybridized carbons (Fsp3) is 0.381. The van der Waals surface area contributed by atoms with Gasteiger partial charge in [0.1, 0.15) is 10.6 Å². The largest absolute Gasteiger partial charge is 0.492 e. The topological polar surface area (TPSA) is 122 Å². The molecule has 0 bridgehead atoms. The van der Waals surface area contributed by atoms with Crippen LogP contribution in [0.3, 0.4) is 0 Å². The molecule has 180 valence electrons. The Morgan fingerprint density at radius 3 is 2.27 bits per heavy atom. The number of sulfonamides is 2. The molecule has 0 radical (unpaired) electrons. The molecule has 0 atom stereocenters. The first-order valence-corrected chi connectivity index (χ1v) is 13.1. The molecule has 1 heterocycles. The van der Waals surface area contributed by atoms with Crippen molar-refractivity contribution in [3.05, 3.63) is 48.0 Å². The van der Waals surface area contributed by atoms with Crippen molar-refractivity contribution in [2.75, 3.05) is 52.3 Å². The predicted molar refractivity (Wildman–Crippen MR) is 122 cm³/mol. The molecule has 3 rings (SSSR count). The number of rotatable bonds is 8. The third-order valence-electron chi connectivity index (χ3n) is 4.98. The summed E-state index contributed by atoms with van der Waals surface area (Å²) >= 11 is 0. The van der Waals surface area contributed by atoms with Crippen molar-refractivity contribution in [1.82, 2.24) is 8.61 Å². The minimum atomic E-state index is -3.86. The third-order valence-corrected chi connectivity index (χ3v) is 8.73. The summed E-state index contributed by atoms with van der Waals surface area (Å²) in [6, 6.07) is 9.88. The SMILES string of the molecule is CCOc1ccc(NC(=O)c2ccc(S(=O)(=O)N(C)C)cc2)cc1S(=O)(=O)N1CCOCC1. The number of benzene rings is 2. The Hall–Kier alpha value is -2.51. The maximum atomic E-state index is 13.2. The zero-order chi connectivity index (χ0) is 24.2. The Morgan fingerprint density at radius 1 is 1.06 bits per heavy atom. The van der Waals surface area contributed by atoms with Crippen LogP contribution in [0.5, 0.6) is 5.75 Å². The molecule has 0 aliphatic carbocycles. The van der Waals surface area contributed by atoms with Crippen LogP contribution in [0.25, 0.3) is 0 Å². The molecule has 33 heavy (non-hydrogen) atoms. The molecular weight excluding hydrogens is 470 g/mol. The van der Waals surface area contributed by atoms with E-state index in [1.165, 1.54) is 54.8 Å². The number of hydrogen-bond donors (Lipinski definition) is 1. The highest BCUT2D eigenvalue weighted by Crippen LogP contribution is 2.30. The first-order valence-electron chi connectivity index (χ1n) is 10.3. The van der Waals surface area contributed by atoms with Crippen LogP contribution >= 0.6 is 0 Å². The molecule has 1 fully saturated rings. The van der Waals surface area contributed by atoms with Crippen LogP contribution in [0.1, 0.15) is 17.3 Å². The van der Waals surface area contributed by atoms with Crippen LogP contribution in [-0.2, 0) is 24.8 Å². The smallest absolute Gasteiger partial charge is 0.255 e. The van der Waals surface area contributed by atoms with Gasteiger partial charge in [-0.2, -0.15) is 4.31 Å². The number of carbonyl (C=O) groups is 1. The molecule has 1 N–H and O–H groups in total. The van der Waals surface area contributed by atoms with Gasteiger partial charge in [-0.05, 0) is 49.4 Å². The number of anilines is 1. The van der Waals surface area contributed by atoms with Gasteiger partial charge in [0.05, 0.1) is 24.7 Å². The number of ether oxygens (including phenoxy) is 2. The molecule has 2 aromatic rings. The summed E-state index contributed by atoms with van der Waals surface area (Å²) in [5.41, 5.74) is 0.486. The van der Waals surface area contributed by atoms with E-state index in [0.717, 1.165) is 4.31 Å². The van der Waals surface area contributed by atoms with Crippen LogP contribution in [0.4, 0.5) is 5.69 Å². The average molecular weight is 498 g/mol. The molecule has 10 nitrogen and oxygen atoms in total. The van der Waals surface area contributed by atoms with E-state index in [4.69, 9.17) is 9.47 Å². The monoisotopic (exact) mass is 497 g/mol. The van der Waals surface area contributed by atoms with Crippen LogP contribution in [-0.4, -0.2) is 78.4 Å². The zero-order valence-electron chi connectivity index (χ0n) is 18.6. The highest BCUT2D eigenvalue weighted by atomic mass is 32.2. The maximum Gasteiger partial charge on any atom is 0.255 e. The summed E-state index contributed by atoms with van der Waals surface area (Å²) in [4.78, 5) is 12.7. The highest BCUT2D eigenvalue weighted by Gasteiger charge is 2.30. The summed E-state index contributed by atoms with van der Waals surface area (Å²) in [6.45, 7) is 3.10. The minimum absolute atomic E-state index is 0.0449. The summed E-state index contributed by atoms with van der Waals surface area (Å²) < 4.78 is 63.9. The Kier molecular flexibility index (Phi) is 7.75. The van der Waals surface area contributed by atoms with Crippen LogP contribution in [0.2, 0.25) is 0 Å². The van der Waals surface area contributed by atoms with Crippen molar-refractivity contribution >= 4 is 31.6 Å². The summed E-state index contributed by atoms with van der Waals surface area (Å²) in [5, 5.41) is 2.66. The van der Waals surface area contributed by atoms with Gasteiger partial charge < -0.3 is 14.8 Å². The molecular formula is C21H27N3O7S2. The molecule has 1 aliphatic rings. The van der Waals surface area contributed by atoms with Gasteiger partial charge in [-0.1, -0.05) is 0 Å². The van der Waals surface area contributed by atoms with Crippen molar-refractivity contribution in [3.8, 4) is 5.75 Å². The van der Waals surface area contributed by atoms with Crippen molar-refractivity contribution in [1.29, 1.82) is 0 Å². The minimum Gasteiger partial charge on any atom is -0.492 e. The van der Waals surface area contributed by atoms with Crippen molar-refractivity contribution in [2.24, 2.45) is 0 Å². The molecule has 2 aromatic carbocycles. The van der Waals surface area contributed by atoms with E-state index < -0.39 is 26.0 Å². The van der Waals surface area contributed by atoms with Crippen molar-refractivity contribution in [3.63, 3.8) is 0 Å². The summed E-state index contributed by atoms with van der Waals surface area (Å²) in [7, 11) is -4.63. The van der Waals surface area contributed by atoms with Crippen molar-refractivity contribution in [2.45, 2.75) is 16.7 Å². The van der Waals surface area contributed by atoms with E-state index in [1.54, 1.807) is 13.0 Å². The molecule has 0 saturated carbocycles. The normalized spacial score (nSPS) is 15.4. The van der Waals surface area contributed by atoms with Gasteiger partial charge in [0.15, 0.2) is 0 Å². The summed E-state index contributed by atoms with van der Waals surface area (Å²) in [5.74, 6) is -0.317. The Bertz CT molecular complexity index is 1200. The van der Waals surface area contributed by atoms with E-state index in [9.17, 15) is 21.6 Å². The predicted octanol–water partition coefficient (Wildman–Crippen LogP) is 1.61. The number of nitrogens with zero attached hydrogens (tertiary/aromatic N) is 2. The third kappa shape index (κ3) is 5.53. The lowest BCUT2D eigenvalue weighted by Crippen LogP contribution is -2.40. The molecule has 1 saturated heterocycles. The van der Waals surface area contributed by atoms with E-state index in [2.05, 4.69) is 5.32 Å². The molecule has 0 spiro atoms. The molecule has 1 amide bonds. The number of amides is 1.